The second kappa shape index (κ2) is 7.24. The molecule has 1 aliphatic rings. The van der Waals surface area contributed by atoms with Gasteiger partial charge in [-0.3, -0.25) is 0 Å². The number of hydrogen-bond donors (Lipinski definition) is 2. The normalized spacial score (nSPS) is 14.8. The summed E-state index contributed by atoms with van der Waals surface area (Å²) in [6.45, 7) is 1.37. The van der Waals surface area contributed by atoms with Gasteiger partial charge < -0.3 is 20.5 Å². The van der Waals surface area contributed by atoms with Gasteiger partial charge in [-0.15, -0.1) is 0 Å². The quantitative estimate of drug-likeness (QED) is 0.808. The van der Waals surface area contributed by atoms with Crippen LogP contribution in [0.4, 0.5) is 20.7 Å². The number of benzene rings is 1. The van der Waals surface area contributed by atoms with Crippen LogP contribution in [0, 0.1) is 5.82 Å². The van der Waals surface area contributed by atoms with Gasteiger partial charge in [0.2, 0.25) is 0 Å². The molecule has 132 valence electrons. The lowest BCUT2D eigenvalue weighted by Crippen LogP contribution is -2.44. The van der Waals surface area contributed by atoms with Crippen molar-refractivity contribution < 1.29 is 13.7 Å². The first-order valence-electron chi connectivity index (χ1n) is 7.71. The average molecular weight is 363 g/mol. The van der Waals surface area contributed by atoms with Gasteiger partial charge in [0, 0.05) is 24.7 Å². The van der Waals surface area contributed by atoms with E-state index in [1.807, 2.05) is 0 Å². The number of hydrogen-bond acceptors (Lipinski definition) is 5. The van der Waals surface area contributed by atoms with Crippen molar-refractivity contribution in [2.45, 2.75) is 12.2 Å². The second-order valence-electron chi connectivity index (χ2n) is 5.79. The molecular formula is C16H18FN5O2S. The first-order valence-corrected chi connectivity index (χ1v) is 9.44. The standard InChI is InChI=1S/C16H18FN5O2S/c1-25(24)9-11-8-14(18)21-15(19-11)10-3-4-13(12(17)7-10)20-16(23)22-5-2-6-22/h3-4,7-8H,2,5-6,9H2,1H3,(H,20,23)(H2,18,19,21). The highest BCUT2D eigenvalue weighted by Gasteiger charge is 2.21. The van der Waals surface area contributed by atoms with Crippen molar-refractivity contribution in [3.05, 3.63) is 35.8 Å². The minimum absolute atomic E-state index is 0.0967. The van der Waals surface area contributed by atoms with Crippen molar-refractivity contribution in [2.24, 2.45) is 0 Å². The fourth-order valence-electron chi connectivity index (χ4n) is 2.40. The fourth-order valence-corrected chi connectivity index (χ4v) is 2.96. The zero-order valence-electron chi connectivity index (χ0n) is 13.7. The Balaban J connectivity index is 1.82. The Morgan fingerprint density at radius 1 is 1.40 bits per heavy atom. The molecule has 2 amide bonds. The van der Waals surface area contributed by atoms with Crippen molar-refractivity contribution in [1.29, 1.82) is 0 Å². The highest BCUT2D eigenvalue weighted by atomic mass is 32.2. The molecule has 3 N–H and O–H groups in total. The number of likely N-dealkylation sites (tertiary alicyclic amines) is 1. The molecule has 0 aliphatic carbocycles. The summed E-state index contributed by atoms with van der Waals surface area (Å²) in [5.41, 5.74) is 6.80. The van der Waals surface area contributed by atoms with Gasteiger partial charge in [0.1, 0.15) is 17.4 Å². The molecule has 1 aromatic heterocycles. The van der Waals surface area contributed by atoms with Crippen LogP contribution in [0.15, 0.2) is 24.3 Å². The fraction of sp³-hybridized carbons (Fsp3) is 0.312. The first-order chi connectivity index (χ1) is 11.9. The SMILES string of the molecule is C[S+]([O-])Cc1cc(N)nc(-c2ccc(NC(=O)N3CCC3)c(F)c2)n1. The van der Waals surface area contributed by atoms with Crippen molar-refractivity contribution in [3.63, 3.8) is 0 Å². The van der Waals surface area contributed by atoms with Crippen LogP contribution in [-0.4, -0.2) is 44.8 Å². The second-order valence-corrected chi connectivity index (χ2v) is 7.23. The number of aromatic nitrogens is 2. The highest BCUT2D eigenvalue weighted by Crippen LogP contribution is 2.24. The number of rotatable bonds is 4. The average Bonchev–Trinajstić information content (AvgIpc) is 2.46. The molecule has 0 radical (unpaired) electrons. The number of nitrogen functional groups attached to an aromatic ring is 1. The lowest BCUT2D eigenvalue weighted by Gasteiger charge is -2.30. The third kappa shape index (κ3) is 4.18. The van der Waals surface area contributed by atoms with Crippen LogP contribution in [-0.2, 0) is 16.9 Å². The first kappa shape index (κ1) is 17.4. The number of carbonyl (C=O) groups excluding carboxylic acids is 1. The van der Waals surface area contributed by atoms with Gasteiger partial charge in [-0.1, -0.05) is 11.2 Å². The zero-order chi connectivity index (χ0) is 18.0. The molecule has 1 aliphatic heterocycles. The van der Waals surface area contributed by atoms with Crippen molar-refractivity contribution in [2.75, 3.05) is 30.4 Å². The number of halogens is 1. The van der Waals surface area contributed by atoms with Gasteiger partial charge in [-0.2, -0.15) is 0 Å². The van der Waals surface area contributed by atoms with Crippen LogP contribution >= 0.6 is 0 Å². The van der Waals surface area contributed by atoms with Gasteiger partial charge >= 0.3 is 6.03 Å². The number of nitrogens with one attached hydrogen (secondary N) is 1. The van der Waals surface area contributed by atoms with E-state index in [1.165, 1.54) is 12.1 Å². The molecule has 2 heterocycles. The largest absolute Gasteiger partial charge is 0.616 e. The molecule has 1 aromatic carbocycles. The summed E-state index contributed by atoms with van der Waals surface area (Å²) in [6.07, 6.45) is 2.53. The molecular weight excluding hydrogens is 345 g/mol. The summed E-state index contributed by atoms with van der Waals surface area (Å²) in [5.74, 6) is 0.130. The zero-order valence-corrected chi connectivity index (χ0v) is 14.5. The van der Waals surface area contributed by atoms with E-state index in [9.17, 15) is 13.7 Å². The summed E-state index contributed by atoms with van der Waals surface area (Å²) < 4.78 is 25.7. The van der Waals surface area contributed by atoms with E-state index in [0.29, 0.717) is 24.3 Å². The lowest BCUT2D eigenvalue weighted by molar-refractivity contribution is 0.181. The van der Waals surface area contributed by atoms with E-state index in [-0.39, 0.29) is 29.1 Å². The lowest BCUT2D eigenvalue weighted by atomic mass is 10.1. The Morgan fingerprint density at radius 3 is 2.76 bits per heavy atom. The maximum absolute atomic E-state index is 14.3. The molecule has 0 spiro atoms. The van der Waals surface area contributed by atoms with Crippen LogP contribution in [0.25, 0.3) is 11.4 Å². The monoisotopic (exact) mass is 363 g/mol. The molecule has 7 nitrogen and oxygen atoms in total. The minimum atomic E-state index is -1.08. The van der Waals surface area contributed by atoms with Crippen LogP contribution in [0.5, 0.6) is 0 Å². The van der Waals surface area contributed by atoms with Crippen molar-refractivity contribution in [1.82, 2.24) is 14.9 Å². The van der Waals surface area contributed by atoms with Crippen LogP contribution in [0.1, 0.15) is 12.1 Å². The van der Waals surface area contributed by atoms with Crippen molar-refractivity contribution in [3.8, 4) is 11.4 Å². The molecule has 0 bridgehead atoms. The van der Waals surface area contributed by atoms with Gasteiger partial charge in [0.25, 0.3) is 0 Å². The maximum atomic E-state index is 14.3. The number of carbonyl (C=O) groups is 1. The summed E-state index contributed by atoms with van der Waals surface area (Å²) in [4.78, 5) is 21.9. The van der Waals surface area contributed by atoms with E-state index >= 15 is 0 Å². The number of nitrogens with zero attached hydrogens (tertiary/aromatic N) is 3. The molecule has 9 heteroatoms. The third-order valence-corrected chi connectivity index (χ3v) is 4.46. The number of urea groups is 1. The Kier molecular flexibility index (Phi) is 5.05. The summed E-state index contributed by atoms with van der Waals surface area (Å²) in [6, 6.07) is 5.55. The smallest absolute Gasteiger partial charge is 0.321 e. The van der Waals surface area contributed by atoms with Gasteiger partial charge in [-0.05, 0) is 24.6 Å². The number of amides is 2. The van der Waals surface area contributed by atoms with E-state index in [4.69, 9.17) is 5.73 Å². The van der Waals surface area contributed by atoms with Crippen molar-refractivity contribution >= 4 is 28.7 Å². The molecule has 1 saturated heterocycles. The summed E-state index contributed by atoms with van der Waals surface area (Å²) >= 11 is -1.08. The third-order valence-electron chi connectivity index (χ3n) is 3.76. The molecule has 25 heavy (non-hydrogen) atoms. The Hall–Kier alpha value is -2.39. The molecule has 1 unspecified atom stereocenters. The molecule has 1 fully saturated rings. The Labute approximate surface area is 147 Å². The van der Waals surface area contributed by atoms with E-state index in [2.05, 4.69) is 15.3 Å². The summed E-state index contributed by atoms with van der Waals surface area (Å²) in [5, 5.41) is 2.55. The van der Waals surface area contributed by atoms with Crippen LogP contribution in [0.2, 0.25) is 0 Å². The Bertz CT molecular complexity index is 798. The van der Waals surface area contributed by atoms with Gasteiger partial charge in [0.05, 0.1) is 17.6 Å². The maximum Gasteiger partial charge on any atom is 0.321 e. The van der Waals surface area contributed by atoms with Gasteiger partial charge in [0.15, 0.2) is 5.82 Å². The summed E-state index contributed by atoms with van der Waals surface area (Å²) in [7, 11) is 0. The van der Waals surface area contributed by atoms with Gasteiger partial charge in [-0.25, -0.2) is 19.2 Å². The number of nitrogens with two attached hydrogens (primary N) is 1. The highest BCUT2D eigenvalue weighted by molar-refractivity contribution is 7.89. The van der Waals surface area contributed by atoms with E-state index < -0.39 is 17.0 Å². The molecule has 0 saturated carbocycles. The van der Waals surface area contributed by atoms with Crippen LogP contribution < -0.4 is 11.1 Å². The van der Waals surface area contributed by atoms with E-state index in [0.717, 1.165) is 6.42 Å². The predicted molar refractivity (Wildman–Crippen MR) is 94.8 cm³/mol. The van der Waals surface area contributed by atoms with E-state index in [1.54, 1.807) is 23.3 Å². The van der Waals surface area contributed by atoms with Crippen LogP contribution in [0.3, 0.4) is 0 Å². The molecule has 2 aromatic rings. The molecule has 1 atom stereocenters. The minimum Gasteiger partial charge on any atom is -0.616 e. The predicted octanol–water partition coefficient (Wildman–Crippen LogP) is 1.98. The molecule has 3 rings (SSSR count). The number of anilines is 2. The Morgan fingerprint density at radius 2 is 2.16 bits per heavy atom. The topological polar surface area (TPSA) is 107 Å².